The molecule has 3 heterocycles. The van der Waals surface area contributed by atoms with Crippen molar-refractivity contribution in [2.24, 2.45) is 5.41 Å². The predicted molar refractivity (Wildman–Crippen MR) is 98.9 cm³/mol. The van der Waals surface area contributed by atoms with Crippen LogP contribution in [0.3, 0.4) is 0 Å². The molecule has 0 atom stereocenters. The second kappa shape index (κ2) is 6.45. The summed E-state index contributed by atoms with van der Waals surface area (Å²) in [5.41, 5.74) is 2.37. The lowest BCUT2D eigenvalue weighted by atomic mass is 9.77. The minimum Gasteiger partial charge on any atom is -0.494 e. The Balaban J connectivity index is 1.58. The fourth-order valence-corrected chi connectivity index (χ4v) is 4.49. The van der Waals surface area contributed by atoms with Crippen LogP contribution in [0.1, 0.15) is 26.2 Å². The highest BCUT2D eigenvalue weighted by Crippen LogP contribution is 2.42. The van der Waals surface area contributed by atoms with Gasteiger partial charge in [0.15, 0.2) is 11.6 Å². The van der Waals surface area contributed by atoms with Crippen LogP contribution >= 0.6 is 0 Å². The number of benzene rings is 1. The molecule has 2 aromatic rings. The lowest BCUT2D eigenvalue weighted by Crippen LogP contribution is -2.41. The number of halogens is 1. The number of piperidine rings is 1. The highest BCUT2D eigenvalue weighted by molar-refractivity contribution is 5.92. The number of likely N-dealkylation sites (tertiary alicyclic amines) is 1. The fourth-order valence-electron chi connectivity index (χ4n) is 4.49. The van der Waals surface area contributed by atoms with Crippen LogP contribution in [0, 0.1) is 11.2 Å². The number of pyridine rings is 1. The van der Waals surface area contributed by atoms with E-state index in [1.165, 1.54) is 39.5 Å². The minimum atomic E-state index is -0.327. The van der Waals surface area contributed by atoms with Gasteiger partial charge in [-0.05, 0) is 49.9 Å². The van der Waals surface area contributed by atoms with Gasteiger partial charge >= 0.3 is 0 Å². The van der Waals surface area contributed by atoms with Crippen LogP contribution in [0.5, 0.6) is 5.75 Å². The number of anilines is 1. The third kappa shape index (κ3) is 2.95. The van der Waals surface area contributed by atoms with E-state index < -0.39 is 0 Å². The van der Waals surface area contributed by atoms with Gasteiger partial charge in [-0.25, -0.2) is 4.39 Å². The van der Waals surface area contributed by atoms with E-state index in [-0.39, 0.29) is 11.6 Å². The number of methoxy groups -OCH3 is 1. The van der Waals surface area contributed by atoms with Crippen molar-refractivity contribution < 1.29 is 9.13 Å². The normalized spacial score (nSPS) is 20.5. The quantitative estimate of drug-likeness (QED) is 0.850. The number of rotatable bonds is 3. The van der Waals surface area contributed by atoms with E-state index >= 15 is 0 Å². The average Bonchev–Trinajstić information content (AvgIpc) is 3.04. The molecule has 0 radical (unpaired) electrons. The molecule has 1 aromatic heterocycles. The molecule has 2 aliphatic heterocycles. The van der Waals surface area contributed by atoms with E-state index in [0.717, 1.165) is 36.2 Å². The molecule has 4 rings (SSSR count). The number of ether oxygens (including phenoxy) is 1. The van der Waals surface area contributed by atoms with E-state index in [4.69, 9.17) is 4.74 Å². The Morgan fingerprint density at radius 1 is 1.20 bits per heavy atom. The number of hydrogen-bond donors (Lipinski definition) is 0. The van der Waals surface area contributed by atoms with Gasteiger partial charge in [-0.3, -0.25) is 4.98 Å². The minimum absolute atomic E-state index is 0.250. The van der Waals surface area contributed by atoms with Gasteiger partial charge in [0, 0.05) is 43.0 Å². The zero-order valence-electron chi connectivity index (χ0n) is 15.1. The van der Waals surface area contributed by atoms with Crippen molar-refractivity contribution in [1.82, 2.24) is 9.88 Å². The Morgan fingerprint density at radius 3 is 2.64 bits per heavy atom. The summed E-state index contributed by atoms with van der Waals surface area (Å²) in [6.45, 7) is 7.94. The molecule has 0 bridgehead atoms. The van der Waals surface area contributed by atoms with Gasteiger partial charge in [0.05, 0.1) is 12.6 Å². The van der Waals surface area contributed by atoms with Gasteiger partial charge in [0.25, 0.3) is 0 Å². The van der Waals surface area contributed by atoms with E-state index in [2.05, 4.69) is 21.7 Å². The second-order valence-corrected chi connectivity index (χ2v) is 7.44. The van der Waals surface area contributed by atoms with Crippen molar-refractivity contribution in [3.05, 3.63) is 30.2 Å². The zero-order valence-corrected chi connectivity index (χ0v) is 15.1. The molecule has 25 heavy (non-hydrogen) atoms. The smallest absolute Gasteiger partial charge is 0.165 e. The molecule has 2 fully saturated rings. The van der Waals surface area contributed by atoms with Gasteiger partial charge in [-0.2, -0.15) is 0 Å². The summed E-state index contributed by atoms with van der Waals surface area (Å²) in [4.78, 5) is 9.37. The van der Waals surface area contributed by atoms with Crippen molar-refractivity contribution in [2.75, 3.05) is 44.7 Å². The van der Waals surface area contributed by atoms with E-state index in [1.807, 2.05) is 12.3 Å². The monoisotopic (exact) mass is 343 g/mol. The molecule has 134 valence electrons. The summed E-state index contributed by atoms with van der Waals surface area (Å²) in [6.07, 6.45) is 5.56. The Morgan fingerprint density at radius 2 is 1.96 bits per heavy atom. The van der Waals surface area contributed by atoms with Crippen molar-refractivity contribution >= 4 is 16.6 Å². The molecule has 4 nitrogen and oxygen atoms in total. The average molecular weight is 343 g/mol. The second-order valence-electron chi connectivity index (χ2n) is 7.44. The molecule has 0 unspecified atom stereocenters. The van der Waals surface area contributed by atoms with E-state index in [9.17, 15) is 4.39 Å². The van der Waals surface area contributed by atoms with Crippen molar-refractivity contribution in [3.8, 4) is 5.75 Å². The first-order valence-electron chi connectivity index (χ1n) is 9.24. The molecular formula is C20H26FN3O. The zero-order chi connectivity index (χ0) is 17.4. The Kier molecular flexibility index (Phi) is 4.28. The van der Waals surface area contributed by atoms with E-state index in [0.29, 0.717) is 5.41 Å². The summed E-state index contributed by atoms with van der Waals surface area (Å²) in [5.74, 6) is -0.0764. The molecule has 5 heteroatoms. The maximum atomic E-state index is 14.2. The Labute approximate surface area is 148 Å². The summed E-state index contributed by atoms with van der Waals surface area (Å²) in [7, 11) is 1.49. The molecule has 2 saturated heterocycles. The maximum absolute atomic E-state index is 14.2. The molecular weight excluding hydrogens is 317 g/mol. The fraction of sp³-hybridized carbons (Fsp3) is 0.550. The van der Waals surface area contributed by atoms with Crippen molar-refractivity contribution in [3.63, 3.8) is 0 Å². The first-order valence-corrected chi connectivity index (χ1v) is 9.24. The van der Waals surface area contributed by atoms with Gasteiger partial charge in [0.1, 0.15) is 0 Å². The summed E-state index contributed by atoms with van der Waals surface area (Å²) in [6, 6.07) is 5.27. The summed E-state index contributed by atoms with van der Waals surface area (Å²) >= 11 is 0. The number of nitrogens with zero attached hydrogens (tertiary/aromatic N) is 3. The lowest BCUT2D eigenvalue weighted by molar-refractivity contribution is 0.213. The third-order valence-corrected chi connectivity index (χ3v) is 6.12. The Bertz CT molecular complexity index is 771. The van der Waals surface area contributed by atoms with Gasteiger partial charge in [-0.1, -0.05) is 6.92 Å². The first kappa shape index (κ1) is 16.6. The predicted octanol–water partition coefficient (Wildman–Crippen LogP) is 3.69. The Hall–Kier alpha value is -1.88. The molecule has 1 aromatic carbocycles. The highest BCUT2D eigenvalue weighted by atomic mass is 19.1. The number of aromatic nitrogens is 1. The van der Waals surface area contributed by atoms with Gasteiger partial charge in [0.2, 0.25) is 0 Å². The first-order chi connectivity index (χ1) is 12.1. The van der Waals surface area contributed by atoms with Crippen LogP contribution in [-0.4, -0.2) is 49.7 Å². The number of fused-ring (bicyclic) bond motifs is 1. The topological polar surface area (TPSA) is 28.6 Å². The van der Waals surface area contributed by atoms with Crippen LogP contribution in [0.2, 0.25) is 0 Å². The lowest BCUT2D eigenvalue weighted by Gasteiger charge is -2.40. The summed E-state index contributed by atoms with van der Waals surface area (Å²) in [5, 5.41) is 0.873. The van der Waals surface area contributed by atoms with Gasteiger partial charge < -0.3 is 14.5 Å². The van der Waals surface area contributed by atoms with Crippen LogP contribution in [-0.2, 0) is 0 Å². The highest BCUT2D eigenvalue weighted by Gasteiger charge is 2.40. The number of hydrogen-bond acceptors (Lipinski definition) is 4. The third-order valence-electron chi connectivity index (χ3n) is 6.12. The SMILES string of the molecule is CCN1CCC2(CCN(c3ccnc4cc(OC)c(F)cc34)CC2)C1. The molecule has 0 amide bonds. The standard InChI is InChI=1S/C20H26FN3O/c1-3-23-9-5-20(14-23)6-10-24(11-7-20)18-4-8-22-17-13-19(25-2)16(21)12-15(17)18/h4,8,12-13H,3,5-7,9-11,14H2,1-2H3. The molecule has 1 spiro atoms. The van der Waals surface area contributed by atoms with Gasteiger partial charge in [-0.15, -0.1) is 0 Å². The molecule has 0 aliphatic carbocycles. The maximum Gasteiger partial charge on any atom is 0.165 e. The van der Waals surface area contributed by atoms with Crippen LogP contribution < -0.4 is 9.64 Å². The van der Waals surface area contributed by atoms with Crippen molar-refractivity contribution in [2.45, 2.75) is 26.2 Å². The van der Waals surface area contributed by atoms with Crippen LogP contribution in [0.25, 0.3) is 10.9 Å². The van der Waals surface area contributed by atoms with Crippen LogP contribution in [0.4, 0.5) is 10.1 Å². The molecule has 2 aliphatic rings. The molecule has 0 saturated carbocycles. The summed E-state index contributed by atoms with van der Waals surface area (Å²) < 4.78 is 19.3. The molecule has 0 N–H and O–H groups in total. The van der Waals surface area contributed by atoms with E-state index in [1.54, 1.807) is 12.1 Å². The largest absolute Gasteiger partial charge is 0.494 e. The van der Waals surface area contributed by atoms with Crippen molar-refractivity contribution in [1.29, 1.82) is 0 Å². The van der Waals surface area contributed by atoms with Crippen LogP contribution in [0.15, 0.2) is 24.4 Å².